The van der Waals surface area contributed by atoms with Gasteiger partial charge in [0.2, 0.25) is 0 Å². The minimum Gasteiger partial charge on any atom is -0.316 e. The highest BCUT2D eigenvalue weighted by molar-refractivity contribution is 5.44. The summed E-state index contributed by atoms with van der Waals surface area (Å²) in [7, 11) is 0. The van der Waals surface area contributed by atoms with Gasteiger partial charge in [-0.2, -0.15) is 5.10 Å². The number of hydrogen-bond acceptors (Lipinski definition) is 2. The van der Waals surface area contributed by atoms with Crippen molar-refractivity contribution in [3.05, 3.63) is 24.0 Å². The molecule has 0 fully saturated rings. The van der Waals surface area contributed by atoms with Gasteiger partial charge in [0.15, 0.2) is 0 Å². The van der Waals surface area contributed by atoms with Crippen LogP contribution in [0.3, 0.4) is 0 Å². The Bertz CT molecular complexity index is 302. The van der Waals surface area contributed by atoms with Gasteiger partial charge in [0.05, 0.1) is 5.69 Å². The quantitative estimate of drug-likeness (QED) is 0.684. The highest BCUT2D eigenvalue weighted by Crippen LogP contribution is 2.03. The maximum absolute atomic E-state index is 4.28. The van der Waals surface area contributed by atoms with Crippen LogP contribution in [0.15, 0.2) is 18.3 Å². The molecule has 1 aromatic heterocycles. The van der Waals surface area contributed by atoms with Crippen LogP contribution in [0.4, 0.5) is 0 Å². The Hall–Kier alpha value is -1.09. The molecule has 0 aliphatic carbocycles. The third-order valence-electron chi connectivity index (χ3n) is 2.39. The molecule has 0 saturated carbocycles. The van der Waals surface area contributed by atoms with E-state index in [1.165, 1.54) is 12.1 Å². The maximum Gasteiger partial charge on any atom is 0.0606 e. The van der Waals surface area contributed by atoms with E-state index < -0.39 is 0 Å². The van der Waals surface area contributed by atoms with Gasteiger partial charge >= 0.3 is 0 Å². The molecule has 0 atom stereocenters. The van der Waals surface area contributed by atoms with Crippen molar-refractivity contribution in [3.63, 3.8) is 0 Å². The van der Waals surface area contributed by atoms with Crippen LogP contribution in [0.25, 0.3) is 6.08 Å². The van der Waals surface area contributed by atoms with Gasteiger partial charge in [-0.15, -0.1) is 0 Å². The molecule has 0 saturated heterocycles. The molecule has 0 spiro atoms. The summed E-state index contributed by atoms with van der Waals surface area (Å²) in [5.41, 5.74) is 1.21. The van der Waals surface area contributed by atoms with Crippen LogP contribution in [0.1, 0.15) is 38.8 Å². The molecule has 0 aliphatic rings. The highest BCUT2D eigenvalue weighted by Gasteiger charge is 1.95. The van der Waals surface area contributed by atoms with E-state index >= 15 is 0 Å². The third kappa shape index (κ3) is 4.62. The zero-order valence-corrected chi connectivity index (χ0v) is 10.4. The normalized spacial score (nSPS) is 11.4. The average molecular weight is 221 g/mol. The third-order valence-corrected chi connectivity index (χ3v) is 2.39. The Balaban J connectivity index is 2.29. The summed E-state index contributed by atoms with van der Waals surface area (Å²) >= 11 is 0. The van der Waals surface area contributed by atoms with Crippen LogP contribution in [-0.2, 0) is 6.54 Å². The lowest BCUT2D eigenvalue weighted by atomic mass is 10.3. The SMILES string of the molecule is CCCNCCC=Cc1ccnn1CCC. The highest BCUT2D eigenvalue weighted by atomic mass is 15.3. The van der Waals surface area contributed by atoms with Gasteiger partial charge in [-0.3, -0.25) is 4.68 Å². The Morgan fingerprint density at radius 3 is 2.94 bits per heavy atom. The first-order valence-corrected chi connectivity index (χ1v) is 6.27. The molecule has 16 heavy (non-hydrogen) atoms. The minimum atomic E-state index is 1.00. The van der Waals surface area contributed by atoms with Gasteiger partial charge in [0.1, 0.15) is 0 Å². The van der Waals surface area contributed by atoms with Crippen LogP contribution >= 0.6 is 0 Å². The fraction of sp³-hybridized carbons (Fsp3) is 0.615. The van der Waals surface area contributed by atoms with Crippen molar-refractivity contribution < 1.29 is 0 Å². The monoisotopic (exact) mass is 221 g/mol. The van der Waals surface area contributed by atoms with Crippen molar-refractivity contribution >= 4 is 6.08 Å². The minimum absolute atomic E-state index is 1.00. The van der Waals surface area contributed by atoms with E-state index in [1.807, 2.05) is 6.20 Å². The van der Waals surface area contributed by atoms with Crippen molar-refractivity contribution in [2.24, 2.45) is 0 Å². The number of rotatable bonds is 8. The van der Waals surface area contributed by atoms with E-state index in [4.69, 9.17) is 0 Å². The van der Waals surface area contributed by atoms with Crippen molar-refractivity contribution in [1.82, 2.24) is 15.1 Å². The van der Waals surface area contributed by atoms with Crippen LogP contribution in [0, 0.1) is 0 Å². The summed E-state index contributed by atoms with van der Waals surface area (Å²) in [5, 5.41) is 7.67. The second kappa shape index (κ2) is 8.11. The summed E-state index contributed by atoms with van der Waals surface area (Å²) in [5.74, 6) is 0. The lowest BCUT2D eigenvalue weighted by Crippen LogP contribution is -2.15. The molecule has 3 heteroatoms. The van der Waals surface area contributed by atoms with Gasteiger partial charge in [-0.1, -0.05) is 19.9 Å². The van der Waals surface area contributed by atoms with E-state index in [0.29, 0.717) is 0 Å². The fourth-order valence-electron chi connectivity index (χ4n) is 1.57. The summed E-state index contributed by atoms with van der Waals surface area (Å²) < 4.78 is 2.05. The summed E-state index contributed by atoms with van der Waals surface area (Å²) in [4.78, 5) is 0. The van der Waals surface area contributed by atoms with E-state index in [9.17, 15) is 0 Å². The zero-order chi connectivity index (χ0) is 11.6. The lowest BCUT2D eigenvalue weighted by Gasteiger charge is -2.01. The predicted molar refractivity (Wildman–Crippen MR) is 69.3 cm³/mol. The summed E-state index contributed by atoms with van der Waals surface area (Å²) in [6.07, 6.45) is 9.65. The van der Waals surface area contributed by atoms with Crippen molar-refractivity contribution in [2.45, 2.75) is 39.7 Å². The molecule has 0 amide bonds. The number of aromatic nitrogens is 2. The summed E-state index contributed by atoms with van der Waals surface area (Å²) in [6.45, 7) is 7.53. The van der Waals surface area contributed by atoms with E-state index in [2.05, 4.69) is 47.2 Å². The van der Waals surface area contributed by atoms with E-state index in [1.54, 1.807) is 0 Å². The Morgan fingerprint density at radius 1 is 1.31 bits per heavy atom. The molecule has 0 bridgehead atoms. The fourth-order valence-corrected chi connectivity index (χ4v) is 1.57. The number of nitrogens with zero attached hydrogens (tertiary/aromatic N) is 2. The van der Waals surface area contributed by atoms with Crippen LogP contribution in [-0.4, -0.2) is 22.9 Å². The smallest absolute Gasteiger partial charge is 0.0606 e. The standard InChI is InChI=1S/C13H23N3/c1-3-9-14-10-6-5-7-13-8-11-15-16(13)12-4-2/h5,7-8,11,14H,3-4,6,9-10,12H2,1-2H3. The van der Waals surface area contributed by atoms with Crippen LogP contribution in [0.5, 0.6) is 0 Å². The molecule has 0 aromatic carbocycles. The van der Waals surface area contributed by atoms with Gasteiger partial charge in [-0.05, 0) is 44.5 Å². The van der Waals surface area contributed by atoms with Gasteiger partial charge in [-0.25, -0.2) is 0 Å². The van der Waals surface area contributed by atoms with Crippen LogP contribution < -0.4 is 5.32 Å². The average Bonchev–Trinajstić information content (AvgIpc) is 2.72. The van der Waals surface area contributed by atoms with Gasteiger partial charge < -0.3 is 5.32 Å². The molecule has 3 nitrogen and oxygen atoms in total. The first kappa shape index (κ1) is 13.0. The summed E-state index contributed by atoms with van der Waals surface area (Å²) in [6, 6.07) is 2.06. The molecule has 0 radical (unpaired) electrons. The second-order valence-electron chi connectivity index (χ2n) is 3.92. The Kier molecular flexibility index (Phi) is 6.58. The largest absolute Gasteiger partial charge is 0.316 e. The topological polar surface area (TPSA) is 29.9 Å². The molecular weight excluding hydrogens is 198 g/mol. The maximum atomic E-state index is 4.28. The molecule has 0 aliphatic heterocycles. The van der Waals surface area contributed by atoms with E-state index in [-0.39, 0.29) is 0 Å². The van der Waals surface area contributed by atoms with Crippen LogP contribution in [0.2, 0.25) is 0 Å². The predicted octanol–water partition coefficient (Wildman–Crippen LogP) is 2.70. The van der Waals surface area contributed by atoms with E-state index in [0.717, 1.165) is 32.5 Å². The lowest BCUT2D eigenvalue weighted by molar-refractivity contribution is 0.598. The molecule has 90 valence electrons. The Labute approximate surface area is 98.5 Å². The molecule has 1 aromatic rings. The second-order valence-corrected chi connectivity index (χ2v) is 3.92. The van der Waals surface area contributed by atoms with Gasteiger partial charge in [0, 0.05) is 12.7 Å². The molecular formula is C13H23N3. The van der Waals surface area contributed by atoms with Crippen molar-refractivity contribution in [1.29, 1.82) is 0 Å². The number of aryl methyl sites for hydroxylation is 1. The Morgan fingerprint density at radius 2 is 2.19 bits per heavy atom. The zero-order valence-electron chi connectivity index (χ0n) is 10.4. The first-order valence-electron chi connectivity index (χ1n) is 6.27. The first-order chi connectivity index (χ1) is 7.88. The molecule has 1 rings (SSSR count). The van der Waals surface area contributed by atoms with Crippen molar-refractivity contribution in [3.8, 4) is 0 Å². The molecule has 0 unspecified atom stereocenters. The molecule has 1 heterocycles. The van der Waals surface area contributed by atoms with Crippen molar-refractivity contribution in [2.75, 3.05) is 13.1 Å². The molecule has 1 N–H and O–H groups in total. The van der Waals surface area contributed by atoms with Gasteiger partial charge in [0.25, 0.3) is 0 Å². The number of hydrogen-bond donors (Lipinski definition) is 1. The number of nitrogens with one attached hydrogen (secondary N) is 1.